The topological polar surface area (TPSA) is 87.7 Å². The molecule has 1 fully saturated rings. The summed E-state index contributed by atoms with van der Waals surface area (Å²) in [6, 6.07) is 20.0. The summed E-state index contributed by atoms with van der Waals surface area (Å²) in [5.74, 6) is -1.28. The van der Waals surface area contributed by atoms with Gasteiger partial charge in [0.1, 0.15) is 30.4 Å². The van der Waals surface area contributed by atoms with Gasteiger partial charge in [-0.1, -0.05) is 54.1 Å². The summed E-state index contributed by atoms with van der Waals surface area (Å²) in [6.45, 7) is 1.91. The Morgan fingerprint density at radius 2 is 1.82 bits per heavy atom. The zero-order chi connectivity index (χ0) is 24.1. The molecule has 8 heteroatoms. The monoisotopic (exact) mass is 459 g/mol. The number of anilines is 1. The number of benzene rings is 3. The van der Waals surface area contributed by atoms with Crippen molar-refractivity contribution < 1.29 is 23.5 Å². The number of amides is 4. The van der Waals surface area contributed by atoms with E-state index >= 15 is 0 Å². The van der Waals surface area contributed by atoms with Crippen LogP contribution in [0.3, 0.4) is 0 Å². The van der Waals surface area contributed by atoms with E-state index in [0.29, 0.717) is 17.9 Å². The lowest BCUT2D eigenvalue weighted by Gasteiger charge is -2.12. The number of aryl methyl sites for hydroxylation is 1. The van der Waals surface area contributed by atoms with Crippen LogP contribution in [-0.4, -0.2) is 29.3 Å². The molecule has 0 aliphatic carbocycles. The summed E-state index contributed by atoms with van der Waals surface area (Å²) in [7, 11) is 0. The zero-order valence-corrected chi connectivity index (χ0v) is 18.4. The minimum absolute atomic E-state index is 0.0278. The van der Waals surface area contributed by atoms with Gasteiger partial charge in [0.2, 0.25) is 5.91 Å². The summed E-state index contributed by atoms with van der Waals surface area (Å²) in [4.78, 5) is 37.8. The van der Waals surface area contributed by atoms with E-state index < -0.39 is 30.2 Å². The summed E-state index contributed by atoms with van der Waals surface area (Å²) < 4.78 is 19.5. The van der Waals surface area contributed by atoms with Gasteiger partial charge >= 0.3 is 6.03 Å². The summed E-state index contributed by atoms with van der Waals surface area (Å²) in [6.07, 6.45) is 1.51. The van der Waals surface area contributed by atoms with Crippen LogP contribution in [0.25, 0.3) is 6.08 Å². The third-order valence-electron chi connectivity index (χ3n) is 5.09. The molecule has 0 unspecified atom stereocenters. The number of nitrogens with one attached hydrogen (secondary N) is 2. The molecule has 0 spiro atoms. The third kappa shape index (κ3) is 5.47. The fraction of sp³-hybridized carbons (Fsp3) is 0.115. The molecule has 2 N–H and O–H groups in total. The normalized spacial score (nSPS) is 14.3. The van der Waals surface area contributed by atoms with Crippen LogP contribution in [0.4, 0.5) is 14.9 Å². The second-order valence-electron chi connectivity index (χ2n) is 7.75. The Bertz CT molecular complexity index is 1270. The molecule has 3 aromatic carbocycles. The van der Waals surface area contributed by atoms with Crippen molar-refractivity contribution in [3.8, 4) is 5.75 Å². The highest BCUT2D eigenvalue weighted by atomic mass is 19.1. The number of imide groups is 1. The first-order chi connectivity index (χ1) is 16.4. The SMILES string of the molecule is Cc1cccc(COc2ccc(/C=C3/NC(=O)N(CC(=O)Nc4ccccc4F)C3=O)cc2)c1. The van der Waals surface area contributed by atoms with Gasteiger partial charge in [-0.05, 0) is 48.4 Å². The third-order valence-corrected chi connectivity index (χ3v) is 5.09. The molecule has 1 aliphatic rings. The number of para-hydroxylation sites is 1. The van der Waals surface area contributed by atoms with Crippen LogP contribution in [0.15, 0.2) is 78.5 Å². The summed E-state index contributed by atoms with van der Waals surface area (Å²) in [5, 5.41) is 4.82. The van der Waals surface area contributed by atoms with E-state index in [1.54, 1.807) is 30.3 Å². The lowest BCUT2D eigenvalue weighted by Crippen LogP contribution is -2.38. The highest BCUT2D eigenvalue weighted by Crippen LogP contribution is 2.19. The Morgan fingerprint density at radius 1 is 1.06 bits per heavy atom. The second-order valence-corrected chi connectivity index (χ2v) is 7.75. The largest absolute Gasteiger partial charge is 0.489 e. The van der Waals surface area contributed by atoms with Crippen molar-refractivity contribution in [2.24, 2.45) is 0 Å². The van der Waals surface area contributed by atoms with Crippen molar-refractivity contribution in [1.29, 1.82) is 0 Å². The molecule has 0 aromatic heterocycles. The number of urea groups is 1. The Labute approximate surface area is 195 Å². The number of hydrogen-bond donors (Lipinski definition) is 2. The highest BCUT2D eigenvalue weighted by Gasteiger charge is 2.35. The maximum absolute atomic E-state index is 13.7. The van der Waals surface area contributed by atoms with Crippen LogP contribution in [0.5, 0.6) is 5.75 Å². The minimum Gasteiger partial charge on any atom is -0.489 e. The average Bonchev–Trinajstić information content (AvgIpc) is 3.07. The van der Waals surface area contributed by atoms with Crippen LogP contribution in [0, 0.1) is 12.7 Å². The lowest BCUT2D eigenvalue weighted by atomic mass is 10.1. The first-order valence-electron chi connectivity index (χ1n) is 10.6. The number of nitrogens with zero attached hydrogens (tertiary/aromatic N) is 1. The molecule has 1 aliphatic heterocycles. The van der Waals surface area contributed by atoms with E-state index in [4.69, 9.17) is 4.74 Å². The molecular weight excluding hydrogens is 437 g/mol. The van der Waals surface area contributed by atoms with E-state index in [9.17, 15) is 18.8 Å². The van der Waals surface area contributed by atoms with Crippen molar-refractivity contribution in [3.63, 3.8) is 0 Å². The van der Waals surface area contributed by atoms with Gasteiger partial charge < -0.3 is 15.4 Å². The first-order valence-corrected chi connectivity index (χ1v) is 10.6. The van der Waals surface area contributed by atoms with E-state index in [0.717, 1.165) is 16.0 Å². The molecule has 3 aromatic rings. The summed E-state index contributed by atoms with van der Waals surface area (Å²) >= 11 is 0. The van der Waals surface area contributed by atoms with Crippen LogP contribution < -0.4 is 15.4 Å². The van der Waals surface area contributed by atoms with Crippen LogP contribution in [0.1, 0.15) is 16.7 Å². The Balaban J connectivity index is 1.36. The predicted molar refractivity (Wildman–Crippen MR) is 125 cm³/mol. The molecule has 1 heterocycles. The zero-order valence-electron chi connectivity index (χ0n) is 18.4. The fourth-order valence-corrected chi connectivity index (χ4v) is 3.41. The van der Waals surface area contributed by atoms with E-state index in [1.165, 1.54) is 24.3 Å². The van der Waals surface area contributed by atoms with Crippen LogP contribution >= 0.6 is 0 Å². The fourth-order valence-electron chi connectivity index (χ4n) is 3.41. The standard InChI is InChI=1S/C26H22FN3O4/c1-17-5-4-6-19(13-17)16-34-20-11-9-18(10-12-20)14-23-25(32)30(26(33)29-23)15-24(31)28-22-8-3-2-7-21(22)27/h2-14H,15-16H2,1H3,(H,28,31)(H,29,33)/b23-14+. The van der Waals surface area contributed by atoms with E-state index in [1.807, 2.05) is 25.1 Å². The Hall–Kier alpha value is -4.46. The Kier molecular flexibility index (Phi) is 6.68. The molecule has 172 valence electrons. The number of carbonyl (C=O) groups is 3. The number of rotatable bonds is 7. The van der Waals surface area contributed by atoms with Gasteiger partial charge in [-0.2, -0.15) is 0 Å². The van der Waals surface area contributed by atoms with Crippen LogP contribution in [-0.2, 0) is 16.2 Å². The predicted octanol–water partition coefficient (Wildman–Crippen LogP) is 4.24. The maximum Gasteiger partial charge on any atom is 0.329 e. The van der Waals surface area contributed by atoms with Gasteiger partial charge in [0, 0.05) is 0 Å². The average molecular weight is 459 g/mol. The number of carbonyl (C=O) groups excluding carboxylic acids is 3. The smallest absolute Gasteiger partial charge is 0.329 e. The number of hydrogen-bond acceptors (Lipinski definition) is 4. The molecule has 0 saturated carbocycles. The molecule has 4 rings (SSSR count). The Morgan fingerprint density at radius 3 is 2.56 bits per heavy atom. The summed E-state index contributed by atoms with van der Waals surface area (Å²) in [5.41, 5.74) is 2.90. The lowest BCUT2D eigenvalue weighted by molar-refractivity contribution is -0.127. The molecular formula is C26H22FN3O4. The van der Waals surface area contributed by atoms with Gasteiger partial charge in [-0.3, -0.25) is 9.59 Å². The minimum atomic E-state index is -0.724. The number of ether oxygens (including phenoxy) is 1. The molecule has 0 bridgehead atoms. The molecule has 34 heavy (non-hydrogen) atoms. The number of halogens is 1. The highest BCUT2D eigenvalue weighted by molar-refractivity contribution is 6.15. The van der Waals surface area contributed by atoms with Crippen molar-refractivity contribution in [1.82, 2.24) is 10.2 Å². The second kappa shape index (κ2) is 9.99. The van der Waals surface area contributed by atoms with E-state index in [2.05, 4.69) is 16.7 Å². The van der Waals surface area contributed by atoms with Gasteiger partial charge in [0.05, 0.1) is 5.69 Å². The quantitative estimate of drug-likeness (QED) is 0.409. The van der Waals surface area contributed by atoms with Crippen LogP contribution in [0.2, 0.25) is 0 Å². The van der Waals surface area contributed by atoms with Gasteiger partial charge in [-0.15, -0.1) is 0 Å². The molecule has 7 nitrogen and oxygen atoms in total. The van der Waals surface area contributed by atoms with Crippen molar-refractivity contribution in [2.45, 2.75) is 13.5 Å². The van der Waals surface area contributed by atoms with Crippen molar-refractivity contribution >= 4 is 29.6 Å². The van der Waals surface area contributed by atoms with Crippen molar-refractivity contribution in [2.75, 3.05) is 11.9 Å². The first kappa shape index (κ1) is 22.7. The van der Waals surface area contributed by atoms with Gasteiger partial charge in [-0.25, -0.2) is 14.1 Å². The maximum atomic E-state index is 13.7. The van der Waals surface area contributed by atoms with Crippen molar-refractivity contribution in [3.05, 3.63) is 101 Å². The molecule has 1 saturated heterocycles. The van der Waals surface area contributed by atoms with Gasteiger partial charge in [0.15, 0.2) is 0 Å². The molecule has 0 radical (unpaired) electrons. The van der Waals surface area contributed by atoms with Gasteiger partial charge in [0.25, 0.3) is 5.91 Å². The molecule has 4 amide bonds. The van der Waals surface area contributed by atoms with E-state index in [-0.39, 0.29) is 11.4 Å². The molecule has 0 atom stereocenters.